The molecule has 1 aromatic heterocycles. The van der Waals surface area contributed by atoms with E-state index in [1.165, 1.54) is 12.1 Å². The fraction of sp³-hybridized carbons (Fsp3) is 0.214. The summed E-state index contributed by atoms with van der Waals surface area (Å²) in [5.41, 5.74) is 0.866. The van der Waals surface area contributed by atoms with Gasteiger partial charge in [0.05, 0.1) is 10.9 Å². The summed E-state index contributed by atoms with van der Waals surface area (Å²) >= 11 is 4.81. The lowest BCUT2D eigenvalue weighted by molar-refractivity contribution is -0.120. The van der Waals surface area contributed by atoms with Crippen LogP contribution in [0.1, 0.15) is 23.4 Å². The minimum absolute atomic E-state index is 0.0947. The van der Waals surface area contributed by atoms with Crippen LogP contribution in [0.5, 0.6) is 0 Å². The van der Waals surface area contributed by atoms with E-state index >= 15 is 0 Å². The molecule has 2 atom stereocenters. The Morgan fingerprint density at radius 2 is 2.00 bits per heavy atom. The van der Waals surface area contributed by atoms with Gasteiger partial charge in [0, 0.05) is 4.88 Å². The number of hydrogen-bond donors (Lipinski definition) is 1. The number of nitrogens with one attached hydrogen (secondary N) is 1. The molecule has 1 heterocycles. The third-order valence-electron chi connectivity index (χ3n) is 2.68. The molecule has 2 unspecified atom stereocenters. The van der Waals surface area contributed by atoms with E-state index in [2.05, 4.69) is 21.2 Å². The molecule has 0 radical (unpaired) electrons. The maximum Gasteiger partial charge on any atom is 0.234 e. The molecule has 0 saturated heterocycles. The Kier molecular flexibility index (Phi) is 4.71. The van der Waals surface area contributed by atoms with Crippen molar-refractivity contribution in [2.75, 3.05) is 0 Å². The molecule has 0 aliphatic rings. The zero-order chi connectivity index (χ0) is 13.8. The first-order valence-corrected chi connectivity index (χ1v) is 7.61. The molecular formula is C14H13BrFNOS. The molecule has 2 rings (SSSR count). The van der Waals surface area contributed by atoms with Crippen molar-refractivity contribution in [2.45, 2.75) is 17.8 Å². The molecule has 0 saturated carbocycles. The summed E-state index contributed by atoms with van der Waals surface area (Å²) in [6.45, 7) is 1.77. The number of benzene rings is 1. The third-order valence-corrected chi connectivity index (χ3v) is 4.03. The van der Waals surface area contributed by atoms with Crippen molar-refractivity contribution in [3.63, 3.8) is 0 Å². The normalized spacial score (nSPS) is 13.8. The minimum Gasteiger partial charge on any atom is -0.343 e. The van der Waals surface area contributed by atoms with E-state index < -0.39 is 0 Å². The fourth-order valence-electron chi connectivity index (χ4n) is 1.69. The maximum atomic E-state index is 13.0. The summed E-state index contributed by atoms with van der Waals surface area (Å²) in [6.07, 6.45) is 0. The molecular weight excluding hydrogens is 329 g/mol. The number of halogens is 2. The van der Waals surface area contributed by atoms with Crippen LogP contribution in [-0.4, -0.2) is 10.7 Å². The molecule has 2 aromatic rings. The number of amides is 1. The highest BCUT2D eigenvalue weighted by Crippen LogP contribution is 2.26. The molecule has 0 spiro atoms. The first-order valence-electron chi connectivity index (χ1n) is 5.81. The summed E-state index contributed by atoms with van der Waals surface area (Å²) in [7, 11) is 0. The van der Waals surface area contributed by atoms with Crippen LogP contribution in [0.25, 0.3) is 0 Å². The van der Waals surface area contributed by atoms with Crippen LogP contribution < -0.4 is 5.32 Å². The predicted molar refractivity (Wildman–Crippen MR) is 79.1 cm³/mol. The number of carbonyl (C=O) groups is 1. The largest absolute Gasteiger partial charge is 0.343 e. The molecule has 5 heteroatoms. The average molecular weight is 342 g/mol. The summed E-state index contributed by atoms with van der Waals surface area (Å²) in [4.78, 5) is 12.6. The SMILES string of the molecule is CC(Br)C(=O)NC(c1ccc(F)cc1)c1cccs1. The van der Waals surface area contributed by atoms with Crippen molar-refractivity contribution < 1.29 is 9.18 Å². The standard InChI is InChI=1S/C14H13BrFNOS/c1-9(15)14(18)17-13(12-3-2-8-19-12)10-4-6-11(16)7-5-10/h2-9,13H,1H3,(H,17,18). The number of rotatable bonds is 4. The van der Waals surface area contributed by atoms with E-state index in [4.69, 9.17) is 0 Å². The molecule has 19 heavy (non-hydrogen) atoms. The average Bonchev–Trinajstić information content (AvgIpc) is 2.90. The van der Waals surface area contributed by atoms with Gasteiger partial charge in [0.1, 0.15) is 5.82 Å². The Balaban J connectivity index is 2.29. The second-order valence-electron chi connectivity index (χ2n) is 4.12. The summed E-state index contributed by atoms with van der Waals surface area (Å²) in [6, 6.07) is 9.84. The van der Waals surface area contributed by atoms with Gasteiger partial charge in [-0.3, -0.25) is 4.79 Å². The Morgan fingerprint density at radius 1 is 1.32 bits per heavy atom. The zero-order valence-electron chi connectivity index (χ0n) is 10.3. The van der Waals surface area contributed by atoms with Crippen LogP contribution >= 0.6 is 27.3 Å². The van der Waals surface area contributed by atoms with Crippen molar-refractivity contribution in [2.24, 2.45) is 0 Å². The topological polar surface area (TPSA) is 29.1 Å². The molecule has 0 fully saturated rings. The number of carbonyl (C=O) groups excluding carboxylic acids is 1. The predicted octanol–water partition coefficient (Wildman–Crippen LogP) is 3.88. The van der Waals surface area contributed by atoms with Gasteiger partial charge in [-0.15, -0.1) is 11.3 Å². The van der Waals surface area contributed by atoms with Crippen LogP contribution in [0.4, 0.5) is 4.39 Å². The quantitative estimate of drug-likeness (QED) is 0.840. The zero-order valence-corrected chi connectivity index (χ0v) is 12.7. The van der Waals surface area contributed by atoms with E-state index in [9.17, 15) is 9.18 Å². The van der Waals surface area contributed by atoms with Gasteiger partial charge < -0.3 is 5.32 Å². The third kappa shape index (κ3) is 3.64. The van der Waals surface area contributed by atoms with E-state index in [0.29, 0.717) is 0 Å². The number of thiophene rings is 1. The molecule has 0 aliphatic heterocycles. The molecule has 2 nitrogen and oxygen atoms in total. The van der Waals surface area contributed by atoms with Gasteiger partial charge >= 0.3 is 0 Å². The Morgan fingerprint density at radius 3 is 2.53 bits per heavy atom. The van der Waals surface area contributed by atoms with Gasteiger partial charge in [-0.1, -0.05) is 34.1 Å². The summed E-state index contributed by atoms with van der Waals surface area (Å²) < 4.78 is 13.0. The molecule has 1 aromatic carbocycles. The second kappa shape index (κ2) is 6.30. The lowest BCUT2D eigenvalue weighted by atomic mass is 10.1. The van der Waals surface area contributed by atoms with Gasteiger partial charge in [-0.25, -0.2) is 4.39 Å². The van der Waals surface area contributed by atoms with Crippen LogP contribution in [0.2, 0.25) is 0 Å². The second-order valence-corrected chi connectivity index (χ2v) is 6.48. The van der Waals surface area contributed by atoms with Gasteiger partial charge in [0.2, 0.25) is 5.91 Å². The molecule has 0 bridgehead atoms. The Labute approximate surface area is 123 Å². The smallest absolute Gasteiger partial charge is 0.234 e. The van der Waals surface area contributed by atoms with E-state index in [-0.39, 0.29) is 22.6 Å². The first-order chi connectivity index (χ1) is 9.08. The lowest BCUT2D eigenvalue weighted by Crippen LogP contribution is -2.33. The Hall–Kier alpha value is -1.20. The highest BCUT2D eigenvalue weighted by atomic mass is 79.9. The van der Waals surface area contributed by atoms with Crippen molar-refractivity contribution >= 4 is 33.2 Å². The van der Waals surface area contributed by atoms with Crippen molar-refractivity contribution in [3.8, 4) is 0 Å². The van der Waals surface area contributed by atoms with Crippen LogP contribution in [0.15, 0.2) is 41.8 Å². The van der Waals surface area contributed by atoms with Crippen LogP contribution in [0.3, 0.4) is 0 Å². The molecule has 1 amide bonds. The minimum atomic E-state index is -0.283. The fourth-order valence-corrected chi connectivity index (χ4v) is 2.62. The van der Waals surface area contributed by atoms with Crippen molar-refractivity contribution in [3.05, 3.63) is 58.0 Å². The maximum absolute atomic E-state index is 13.0. The van der Waals surface area contributed by atoms with Gasteiger partial charge in [-0.05, 0) is 36.1 Å². The van der Waals surface area contributed by atoms with Crippen LogP contribution in [0, 0.1) is 5.82 Å². The molecule has 100 valence electrons. The van der Waals surface area contributed by atoms with Crippen molar-refractivity contribution in [1.82, 2.24) is 5.32 Å². The lowest BCUT2D eigenvalue weighted by Gasteiger charge is -2.19. The highest BCUT2D eigenvalue weighted by Gasteiger charge is 2.19. The van der Waals surface area contributed by atoms with Gasteiger partial charge in [0.15, 0.2) is 0 Å². The van der Waals surface area contributed by atoms with E-state index in [0.717, 1.165) is 10.4 Å². The number of hydrogen-bond acceptors (Lipinski definition) is 2. The summed E-state index contributed by atoms with van der Waals surface area (Å²) in [5.74, 6) is -0.378. The van der Waals surface area contributed by atoms with E-state index in [1.54, 1.807) is 30.4 Å². The highest BCUT2D eigenvalue weighted by molar-refractivity contribution is 9.10. The molecule has 0 aliphatic carbocycles. The van der Waals surface area contributed by atoms with Gasteiger partial charge in [-0.2, -0.15) is 0 Å². The number of alkyl halides is 1. The van der Waals surface area contributed by atoms with Crippen molar-refractivity contribution in [1.29, 1.82) is 0 Å². The van der Waals surface area contributed by atoms with Crippen LogP contribution in [-0.2, 0) is 4.79 Å². The Bertz CT molecular complexity index is 539. The first kappa shape index (κ1) is 14.2. The van der Waals surface area contributed by atoms with E-state index in [1.807, 2.05) is 17.5 Å². The molecule has 1 N–H and O–H groups in total. The van der Waals surface area contributed by atoms with Gasteiger partial charge in [0.25, 0.3) is 0 Å². The monoisotopic (exact) mass is 341 g/mol. The summed E-state index contributed by atoms with van der Waals surface area (Å²) in [5, 5.41) is 4.91.